The van der Waals surface area contributed by atoms with Gasteiger partial charge in [0.05, 0.1) is 19.2 Å². The van der Waals surface area contributed by atoms with E-state index in [1.165, 1.54) is 53.8 Å². The van der Waals surface area contributed by atoms with Gasteiger partial charge < -0.3 is 15.8 Å². The number of thiazole rings is 1. The number of hydrogen-bond donors (Lipinski definition) is 2. The van der Waals surface area contributed by atoms with Gasteiger partial charge in [0.25, 0.3) is 11.9 Å². The van der Waals surface area contributed by atoms with Crippen LogP contribution in [0.25, 0.3) is 16.0 Å². The number of rotatable bonds is 9. The molecule has 0 radical (unpaired) electrons. The van der Waals surface area contributed by atoms with Crippen molar-refractivity contribution in [2.45, 2.75) is 52.9 Å². The molecule has 1 amide bonds. The molecule has 3 N–H and O–H groups in total. The molecule has 250 valence electrons. The number of ether oxygens (including phenoxy) is 1. The molecule has 1 saturated carbocycles. The van der Waals surface area contributed by atoms with Crippen LogP contribution in [0, 0.1) is 25.7 Å². The van der Waals surface area contributed by atoms with E-state index < -0.39 is 0 Å². The molecule has 2 aliphatic rings. The molecule has 1 fully saturated rings. The highest BCUT2D eigenvalue weighted by molar-refractivity contribution is 7.17. The molecule has 0 spiro atoms. The van der Waals surface area contributed by atoms with E-state index >= 15 is 0 Å². The number of nitrogens with zero attached hydrogens (tertiary/aromatic N) is 5. The zero-order valence-corrected chi connectivity index (χ0v) is 29.4. The number of nitrogens with two attached hydrogens (primary N) is 1. The Hall–Kier alpha value is -4.26. The minimum absolute atomic E-state index is 0.245. The lowest BCUT2D eigenvalue weighted by Crippen LogP contribution is -2.40. The number of hydrogen-bond acceptors (Lipinski definition) is 10. The summed E-state index contributed by atoms with van der Waals surface area (Å²) < 4.78 is 5.30. The number of anilines is 1. The number of aryl methyl sites for hydroxylation is 2. The van der Waals surface area contributed by atoms with Gasteiger partial charge in [-0.2, -0.15) is 4.99 Å². The van der Waals surface area contributed by atoms with Crippen LogP contribution in [-0.2, 0) is 4.74 Å². The van der Waals surface area contributed by atoms with Crippen molar-refractivity contribution >= 4 is 57.6 Å². The Balaban J connectivity index is 1.29. The van der Waals surface area contributed by atoms with Gasteiger partial charge in [0.2, 0.25) is 0 Å². The van der Waals surface area contributed by atoms with Crippen LogP contribution in [-0.4, -0.2) is 64.3 Å². The number of amides is 1. The summed E-state index contributed by atoms with van der Waals surface area (Å²) in [5, 5.41) is 4.62. The molecule has 1 aliphatic carbocycles. The summed E-state index contributed by atoms with van der Waals surface area (Å²) in [7, 11) is 1.44. The first-order valence-electron chi connectivity index (χ1n) is 16.3. The van der Waals surface area contributed by atoms with Gasteiger partial charge in [0, 0.05) is 46.0 Å². The van der Waals surface area contributed by atoms with Crippen LogP contribution < -0.4 is 11.1 Å². The molecule has 0 atom stereocenters. The van der Waals surface area contributed by atoms with Gasteiger partial charge in [0.15, 0.2) is 0 Å². The van der Waals surface area contributed by atoms with Crippen LogP contribution in [0.4, 0.5) is 11.6 Å². The fourth-order valence-electron chi connectivity index (χ4n) is 6.66. The number of aliphatic imine (C=N–C) groups is 1. The van der Waals surface area contributed by atoms with Crippen molar-refractivity contribution in [3.63, 3.8) is 0 Å². The van der Waals surface area contributed by atoms with Crippen molar-refractivity contribution in [2.24, 2.45) is 22.6 Å². The summed E-state index contributed by atoms with van der Waals surface area (Å²) >= 11 is 2.83. The largest absolute Gasteiger partial charge is 0.465 e. The lowest BCUT2D eigenvalue weighted by molar-refractivity contribution is 0.0605. The molecular formula is C36H41N7O3S2. The third-order valence-corrected chi connectivity index (χ3v) is 10.8. The Bertz CT molecular complexity index is 1820. The summed E-state index contributed by atoms with van der Waals surface area (Å²) in [5.74, 6) is 1.46. The number of amidine groups is 1. The molecule has 48 heavy (non-hydrogen) atoms. The van der Waals surface area contributed by atoms with Gasteiger partial charge in [0.1, 0.15) is 16.4 Å². The number of aromatic nitrogens is 3. The Morgan fingerprint density at radius 3 is 2.48 bits per heavy atom. The Morgan fingerprint density at radius 2 is 1.81 bits per heavy atom. The minimum atomic E-state index is -0.329. The highest BCUT2D eigenvalue weighted by Gasteiger charge is 2.31. The monoisotopic (exact) mass is 683 g/mol. The molecule has 1 aliphatic heterocycles. The average Bonchev–Trinajstić information content (AvgIpc) is 3.76. The van der Waals surface area contributed by atoms with Crippen LogP contribution in [0.15, 0.2) is 57.9 Å². The number of carbonyl (C=O) groups excluding carboxylic acids is 2. The summed E-state index contributed by atoms with van der Waals surface area (Å²) in [6, 6.07) is 11.7. The van der Waals surface area contributed by atoms with Crippen LogP contribution in [0.2, 0.25) is 0 Å². The van der Waals surface area contributed by atoms with Gasteiger partial charge in [-0.3, -0.25) is 9.69 Å². The maximum Gasteiger partial charge on any atom is 0.348 e. The first-order valence-corrected chi connectivity index (χ1v) is 18.0. The van der Waals surface area contributed by atoms with E-state index in [0.29, 0.717) is 40.5 Å². The molecular weight excluding hydrogens is 643 g/mol. The maximum atomic E-state index is 13.2. The Kier molecular flexibility index (Phi) is 10.4. The zero-order chi connectivity index (χ0) is 33.8. The van der Waals surface area contributed by atoms with Gasteiger partial charge in [-0.1, -0.05) is 31.9 Å². The van der Waals surface area contributed by atoms with Crippen LogP contribution >= 0.6 is 22.7 Å². The highest BCUT2D eigenvalue weighted by atomic mass is 32.1. The number of carbonyl (C=O) groups is 2. The number of esters is 1. The van der Waals surface area contributed by atoms with Gasteiger partial charge in [-0.15, -0.1) is 22.7 Å². The first kappa shape index (κ1) is 33.6. The molecule has 6 rings (SSSR count). The second-order valence-corrected chi connectivity index (χ2v) is 14.5. The van der Waals surface area contributed by atoms with Crippen LogP contribution in [0.1, 0.15) is 76.1 Å². The molecule has 0 bridgehead atoms. The molecule has 1 aromatic carbocycles. The lowest BCUT2D eigenvalue weighted by Gasteiger charge is -2.37. The van der Waals surface area contributed by atoms with E-state index in [1.54, 1.807) is 10.9 Å². The van der Waals surface area contributed by atoms with E-state index in [2.05, 4.69) is 43.2 Å². The van der Waals surface area contributed by atoms with Crippen molar-refractivity contribution in [1.82, 2.24) is 19.9 Å². The Morgan fingerprint density at radius 1 is 1.08 bits per heavy atom. The second-order valence-electron chi connectivity index (χ2n) is 12.7. The van der Waals surface area contributed by atoms with Crippen molar-refractivity contribution in [3.8, 4) is 10.4 Å². The molecule has 10 nitrogen and oxygen atoms in total. The summed E-state index contributed by atoms with van der Waals surface area (Å²) in [4.78, 5) is 47.1. The quantitative estimate of drug-likeness (QED) is 0.107. The first-order chi connectivity index (χ1) is 23.2. The van der Waals surface area contributed by atoms with Crippen molar-refractivity contribution in [1.29, 1.82) is 0 Å². The molecule has 12 heteroatoms. The summed E-state index contributed by atoms with van der Waals surface area (Å²) in [6.45, 7) is 8.25. The van der Waals surface area contributed by atoms with E-state index in [0.717, 1.165) is 65.7 Å². The smallest absolute Gasteiger partial charge is 0.348 e. The summed E-state index contributed by atoms with van der Waals surface area (Å²) in [5.41, 5.74) is 15.4. The SMILES string of the molecule is COC(=O)c1sc(-c2ccc(NC(=O)c3cscn3)cc2)cc1C1=C(C2CCC(C)CC2)CN(C/C(N)=N/c2nc(C)cc(C)n2)CC1. The topological polar surface area (TPSA) is 136 Å². The number of benzene rings is 1. The van der Waals surface area contributed by atoms with Crippen molar-refractivity contribution < 1.29 is 14.3 Å². The predicted molar refractivity (Wildman–Crippen MR) is 193 cm³/mol. The molecule has 3 aromatic heterocycles. The zero-order valence-electron chi connectivity index (χ0n) is 27.8. The minimum Gasteiger partial charge on any atom is -0.465 e. The number of methoxy groups -OCH3 is 1. The predicted octanol–water partition coefficient (Wildman–Crippen LogP) is 7.29. The fourth-order valence-corrected chi connectivity index (χ4v) is 8.30. The average molecular weight is 684 g/mol. The summed E-state index contributed by atoms with van der Waals surface area (Å²) in [6.07, 6.45) is 5.44. The highest BCUT2D eigenvalue weighted by Crippen LogP contribution is 2.44. The maximum absolute atomic E-state index is 13.2. The van der Waals surface area contributed by atoms with E-state index in [-0.39, 0.29) is 11.9 Å². The second kappa shape index (κ2) is 14.9. The third kappa shape index (κ3) is 7.88. The van der Waals surface area contributed by atoms with E-state index in [9.17, 15) is 9.59 Å². The number of nitrogens with one attached hydrogen (secondary N) is 1. The molecule has 0 saturated heterocycles. The van der Waals surface area contributed by atoms with E-state index in [4.69, 9.17) is 10.5 Å². The Labute approximate surface area is 289 Å². The van der Waals surface area contributed by atoms with Gasteiger partial charge in [-0.25, -0.2) is 19.7 Å². The van der Waals surface area contributed by atoms with Crippen LogP contribution in [0.5, 0.6) is 0 Å². The van der Waals surface area contributed by atoms with Crippen molar-refractivity contribution in [3.05, 3.63) is 80.4 Å². The van der Waals surface area contributed by atoms with Crippen molar-refractivity contribution in [2.75, 3.05) is 32.1 Å². The van der Waals surface area contributed by atoms with Gasteiger partial charge in [-0.05, 0) is 85.9 Å². The number of thiophene rings is 1. The third-order valence-electron chi connectivity index (χ3n) is 9.09. The normalized spacial score (nSPS) is 19.0. The molecule has 0 unspecified atom stereocenters. The molecule has 4 aromatic rings. The van der Waals surface area contributed by atoms with Gasteiger partial charge >= 0.3 is 5.97 Å². The molecule has 4 heterocycles. The van der Waals surface area contributed by atoms with E-state index in [1.807, 2.05) is 44.2 Å². The van der Waals surface area contributed by atoms with Crippen LogP contribution in [0.3, 0.4) is 0 Å². The fraction of sp³-hybridized carbons (Fsp3) is 0.389. The lowest BCUT2D eigenvalue weighted by atomic mass is 9.75. The standard InChI is InChI=1S/C36H41N7O3S2/c1-21-5-7-24(8-6-21)29-17-43(18-32(37)42-36-39-22(2)15-23(3)40-36)14-13-27(29)28-16-31(48-33(28)35(45)46-4)25-9-11-26(12-10-25)41-34(44)30-19-47-20-38-30/h9-12,15-16,19-21,24H,5-8,13-14,17-18H2,1-4H3,(H,41,44)(H2,37,39,40,42).